The van der Waals surface area contributed by atoms with E-state index in [2.05, 4.69) is 9.89 Å². The molecule has 0 atom stereocenters. The third-order valence-electron chi connectivity index (χ3n) is 3.40. The number of Topliss-reactive ketones (excluding diaryl/α,β-unsaturated/α-hetero) is 1. The Morgan fingerprint density at radius 2 is 2.00 bits per heavy atom. The molecule has 0 aromatic heterocycles. The Labute approximate surface area is 101 Å². The van der Waals surface area contributed by atoms with Crippen molar-refractivity contribution in [3.05, 3.63) is 29.8 Å². The first-order valence-corrected chi connectivity index (χ1v) is 6.18. The second-order valence-electron chi connectivity index (χ2n) is 4.77. The lowest BCUT2D eigenvalue weighted by atomic mass is 10.1. The maximum absolute atomic E-state index is 11.2. The third kappa shape index (κ3) is 1.97. The van der Waals surface area contributed by atoms with Gasteiger partial charge in [0, 0.05) is 23.7 Å². The molecule has 0 bridgehead atoms. The van der Waals surface area contributed by atoms with E-state index in [4.69, 9.17) is 0 Å². The van der Waals surface area contributed by atoms with Gasteiger partial charge in [0.05, 0.1) is 6.54 Å². The topological polar surface area (TPSA) is 32.7 Å². The number of hydrogen-bond acceptors (Lipinski definition) is 3. The highest BCUT2D eigenvalue weighted by Gasteiger charge is 2.33. The minimum atomic E-state index is 0.119. The van der Waals surface area contributed by atoms with Gasteiger partial charge < -0.3 is 4.90 Å². The molecule has 0 radical (unpaired) electrons. The zero-order valence-electron chi connectivity index (χ0n) is 10.0. The number of amidine groups is 1. The fourth-order valence-electron chi connectivity index (χ4n) is 2.29. The fraction of sp³-hybridized carbons (Fsp3) is 0.429. The summed E-state index contributed by atoms with van der Waals surface area (Å²) in [6.07, 6.45) is 2.56. The molecule has 0 unspecified atom stereocenters. The molecule has 88 valence electrons. The number of aliphatic imine (C=N–C) groups is 1. The highest BCUT2D eigenvalue weighted by molar-refractivity contribution is 6.02. The Morgan fingerprint density at radius 3 is 2.59 bits per heavy atom. The monoisotopic (exact) mass is 228 g/mol. The van der Waals surface area contributed by atoms with E-state index in [1.165, 1.54) is 18.7 Å². The van der Waals surface area contributed by atoms with Gasteiger partial charge in [0.1, 0.15) is 5.84 Å². The Kier molecular flexibility index (Phi) is 2.46. The van der Waals surface area contributed by atoms with Gasteiger partial charge in [0.2, 0.25) is 0 Å². The highest BCUT2D eigenvalue weighted by Crippen LogP contribution is 2.35. The molecule has 1 aromatic rings. The molecule has 3 rings (SSSR count). The lowest BCUT2D eigenvalue weighted by Crippen LogP contribution is -2.28. The molecule has 3 nitrogen and oxygen atoms in total. The van der Waals surface area contributed by atoms with E-state index >= 15 is 0 Å². The van der Waals surface area contributed by atoms with Gasteiger partial charge in [0.15, 0.2) is 5.78 Å². The normalized spacial score (nSPS) is 19.4. The summed E-state index contributed by atoms with van der Waals surface area (Å²) in [6, 6.07) is 7.86. The molecule has 3 heteroatoms. The van der Waals surface area contributed by atoms with Crippen molar-refractivity contribution in [1.82, 2.24) is 0 Å². The van der Waals surface area contributed by atoms with E-state index in [0.717, 1.165) is 24.3 Å². The number of benzene rings is 1. The Bertz CT molecular complexity index is 472. The van der Waals surface area contributed by atoms with Gasteiger partial charge in [-0.05, 0) is 44.0 Å². The van der Waals surface area contributed by atoms with Crippen LogP contribution in [0, 0.1) is 5.92 Å². The molecule has 1 fully saturated rings. The van der Waals surface area contributed by atoms with Crippen LogP contribution in [0.15, 0.2) is 29.3 Å². The number of ketones is 1. The molecule has 1 saturated carbocycles. The summed E-state index contributed by atoms with van der Waals surface area (Å²) < 4.78 is 0. The van der Waals surface area contributed by atoms with Gasteiger partial charge in [-0.2, -0.15) is 0 Å². The number of anilines is 1. The van der Waals surface area contributed by atoms with Gasteiger partial charge in [-0.1, -0.05) is 0 Å². The zero-order chi connectivity index (χ0) is 11.8. The van der Waals surface area contributed by atoms with E-state index in [1.807, 2.05) is 24.3 Å². The molecule has 1 aromatic carbocycles. The molecule has 17 heavy (non-hydrogen) atoms. The van der Waals surface area contributed by atoms with E-state index in [0.29, 0.717) is 5.92 Å². The van der Waals surface area contributed by atoms with Crippen molar-refractivity contribution in [3.63, 3.8) is 0 Å². The van der Waals surface area contributed by atoms with E-state index < -0.39 is 0 Å². The SMILES string of the molecule is CC(=O)c1ccc(N2CCN=C2C2CC2)cc1. The molecule has 2 aliphatic rings. The van der Waals surface area contributed by atoms with E-state index in [-0.39, 0.29) is 5.78 Å². The summed E-state index contributed by atoms with van der Waals surface area (Å²) in [5.74, 6) is 2.06. The summed E-state index contributed by atoms with van der Waals surface area (Å²) in [5, 5.41) is 0. The van der Waals surface area contributed by atoms with Crippen LogP contribution >= 0.6 is 0 Å². The van der Waals surface area contributed by atoms with Crippen LogP contribution in [0.25, 0.3) is 0 Å². The molecule has 1 aliphatic heterocycles. The van der Waals surface area contributed by atoms with Crippen molar-refractivity contribution in [3.8, 4) is 0 Å². The van der Waals surface area contributed by atoms with Crippen LogP contribution in [0.5, 0.6) is 0 Å². The second kappa shape index (κ2) is 3.99. The fourth-order valence-corrected chi connectivity index (χ4v) is 2.29. The molecule has 1 heterocycles. The van der Waals surface area contributed by atoms with Crippen molar-refractivity contribution in [2.24, 2.45) is 10.9 Å². The summed E-state index contributed by atoms with van der Waals surface area (Å²) in [4.78, 5) is 18.1. The smallest absolute Gasteiger partial charge is 0.159 e. The highest BCUT2D eigenvalue weighted by atomic mass is 16.1. The predicted octanol–water partition coefficient (Wildman–Crippen LogP) is 2.52. The van der Waals surface area contributed by atoms with Gasteiger partial charge >= 0.3 is 0 Å². The van der Waals surface area contributed by atoms with Gasteiger partial charge in [-0.3, -0.25) is 9.79 Å². The van der Waals surface area contributed by atoms with Gasteiger partial charge in [-0.15, -0.1) is 0 Å². The van der Waals surface area contributed by atoms with E-state index in [9.17, 15) is 4.79 Å². The average Bonchev–Trinajstić information content (AvgIpc) is 3.07. The molecule has 0 N–H and O–H groups in total. The summed E-state index contributed by atoms with van der Waals surface area (Å²) in [7, 11) is 0. The second-order valence-corrected chi connectivity index (χ2v) is 4.77. The molecule has 0 spiro atoms. The Balaban J connectivity index is 1.84. The maximum atomic E-state index is 11.2. The molecule has 0 amide bonds. The minimum Gasteiger partial charge on any atom is -0.328 e. The third-order valence-corrected chi connectivity index (χ3v) is 3.40. The van der Waals surface area contributed by atoms with Crippen LogP contribution in [0.4, 0.5) is 5.69 Å². The molecule has 1 aliphatic carbocycles. The minimum absolute atomic E-state index is 0.119. The number of rotatable bonds is 3. The van der Waals surface area contributed by atoms with Crippen LogP contribution in [0.3, 0.4) is 0 Å². The van der Waals surface area contributed by atoms with Crippen LogP contribution in [0.2, 0.25) is 0 Å². The Hall–Kier alpha value is -1.64. The Morgan fingerprint density at radius 1 is 1.29 bits per heavy atom. The summed E-state index contributed by atoms with van der Waals surface area (Å²) in [6.45, 7) is 3.48. The first-order valence-electron chi connectivity index (χ1n) is 6.18. The summed E-state index contributed by atoms with van der Waals surface area (Å²) >= 11 is 0. The average molecular weight is 228 g/mol. The van der Waals surface area contributed by atoms with Gasteiger partial charge in [0.25, 0.3) is 0 Å². The van der Waals surface area contributed by atoms with Crippen molar-refractivity contribution >= 4 is 17.3 Å². The van der Waals surface area contributed by atoms with Crippen LogP contribution < -0.4 is 4.90 Å². The van der Waals surface area contributed by atoms with Crippen molar-refractivity contribution in [1.29, 1.82) is 0 Å². The maximum Gasteiger partial charge on any atom is 0.159 e. The molecular formula is C14H16N2O. The zero-order valence-corrected chi connectivity index (χ0v) is 10.0. The quantitative estimate of drug-likeness (QED) is 0.745. The first kappa shape index (κ1) is 10.5. The van der Waals surface area contributed by atoms with Crippen molar-refractivity contribution < 1.29 is 4.79 Å². The predicted molar refractivity (Wildman–Crippen MR) is 68.8 cm³/mol. The lowest BCUT2D eigenvalue weighted by Gasteiger charge is -2.20. The van der Waals surface area contributed by atoms with Crippen molar-refractivity contribution in [2.45, 2.75) is 19.8 Å². The standard InChI is InChI=1S/C14H16N2O/c1-10(17)11-4-6-13(7-5-11)16-9-8-15-14(16)12-2-3-12/h4-7,12H,2-3,8-9H2,1H3. The summed E-state index contributed by atoms with van der Waals surface area (Å²) in [5.41, 5.74) is 1.94. The van der Waals surface area contributed by atoms with Crippen molar-refractivity contribution in [2.75, 3.05) is 18.0 Å². The molecule has 0 saturated heterocycles. The van der Waals surface area contributed by atoms with E-state index in [1.54, 1.807) is 6.92 Å². The number of carbonyl (C=O) groups is 1. The van der Waals surface area contributed by atoms with Crippen LogP contribution in [0.1, 0.15) is 30.1 Å². The van der Waals surface area contributed by atoms with Crippen LogP contribution in [-0.2, 0) is 0 Å². The number of hydrogen-bond donors (Lipinski definition) is 0. The number of carbonyl (C=O) groups excluding carboxylic acids is 1. The largest absolute Gasteiger partial charge is 0.328 e. The molecular weight excluding hydrogens is 212 g/mol. The van der Waals surface area contributed by atoms with Gasteiger partial charge in [-0.25, -0.2) is 0 Å². The first-order chi connectivity index (χ1) is 8.25. The number of nitrogens with zero attached hydrogens (tertiary/aromatic N) is 2. The van der Waals surface area contributed by atoms with Crippen LogP contribution in [-0.4, -0.2) is 24.7 Å². The lowest BCUT2D eigenvalue weighted by molar-refractivity contribution is 0.101.